The number of anilines is 1. The molecule has 0 heterocycles. The van der Waals surface area contributed by atoms with E-state index in [0.717, 1.165) is 23.8 Å². The Balaban J connectivity index is 1.84. The molecule has 0 radical (unpaired) electrons. The molecule has 2 fully saturated rings. The van der Waals surface area contributed by atoms with Crippen LogP contribution in [-0.4, -0.2) is 12.6 Å². The SMILES string of the molecule is COc1cccc(NC2(C#N)CC3CCC2C3)c1. The van der Waals surface area contributed by atoms with Crippen LogP contribution in [-0.2, 0) is 0 Å². The summed E-state index contributed by atoms with van der Waals surface area (Å²) in [5.74, 6) is 2.09. The molecule has 0 spiro atoms. The van der Waals surface area contributed by atoms with E-state index in [0.29, 0.717) is 5.92 Å². The standard InChI is InChI=1S/C15H18N2O/c1-18-14-4-2-3-13(8-14)17-15(10-16)9-11-5-6-12(15)7-11/h2-4,8,11-12,17H,5-7,9H2,1H3. The largest absolute Gasteiger partial charge is 0.497 e. The second-order valence-corrected chi connectivity index (χ2v) is 5.52. The van der Waals surface area contributed by atoms with Gasteiger partial charge in [0.25, 0.3) is 0 Å². The molecule has 3 nitrogen and oxygen atoms in total. The zero-order valence-corrected chi connectivity index (χ0v) is 10.6. The minimum atomic E-state index is -0.352. The first-order valence-corrected chi connectivity index (χ1v) is 6.59. The molecule has 2 aliphatic carbocycles. The third-order valence-corrected chi connectivity index (χ3v) is 4.49. The average molecular weight is 242 g/mol. The van der Waals surface area contributed by atoms with Gasteiger partial charge in [0.1, 0.15) is 11.3 Å². The molecule has 1 N–H and O–H groups in total. The maximum atomic E-state index is 9.58. The minimum Gasteiger partial charge on any atom is -0.497 e. The van der Waals surface area contributed by atoms with Crippen molar-refractivity contribution in [2.24, 2.45) is 11.8 Å². The highest BCUT2D eigenvalue weighted by Gasteiger charge is 2.51. The maximum absolute atomic E-state index is 9.58. The maximum Gasteiger partial charge on any atom is 0.128 e. The van der Waals surface area contributed by atoms with E-state index in [4.69, 9.17) is 4.74 Å². The topological polar surface area (TPSA) is 45.0 Å². The van der Waals surface area contributed by atoms with Crippen LogP contribution in [0.2, 0.25) is 0 Å². The molecule has 0 saturated heterocycles. The van der Waals surface area contributed by atoms with E-state index >= 15 is 0 Å². The Morgan fingerprint density at radius 2 is 2.33 bits per heavy atom. The van der Waals surface area contributed by atoms with Crippen molar-refractivity contribution < 1.29 is 4.74 Å². The Labute approximate surface area is 108 Å². The number of methoxy groups -OCH3 is 1. The number of ether oxygens (including phenoxy) is 1. The highest BCUT2D eigenvalue weighted by molar-refractivity contribution is 5.52. The van der Waals surface area contributed by atoms with Crippen LogP contribution < -0.4 is 10.1 Å². The highest BCUT2D eigenvalue weighted by atomic mass is 16.5. The van der Waals surface area contributed by atoms with E-state index in [2.05, 4.69) is 11.4 Å². The van der Waals surface area contributed by atoms with Gasteiger partial charge in [-0.15, -0.1) is 0 Å². The summed E-state index contributed by atoms with van der Waals surface area (Å²) in [6, 6.07) is 10.4. The molecular formula is C15H18N2O. The molecule has 0 aliphatic heterocycles. The predicted octanol–water partition coefficient (Wildman–Crippen LogP) is 3.19. The van der Waals surface area contributed by atoms with Crippen molar-refractivity contribution in [3.05, 3.63) is 24.3 Å². The first-order chi connectivity index (χ1) is 8.75. The number of benzene rings is 1. The van der Waals surface area contributed by atoms with Crippen LogP contribution in [0.15, 0.2) is 24.3 Å². The summed E-state index contributed by atoms with van der Waals surface area (Å²) in [5.41, 5.74) is 0.637. The highest BCUT2D eigenvalue weighted by Crippen LogP contribution is 2.51. The number of rotatable bonds is 3. The molecule has 0 amide bonds. The van der Waals surface area contributed by atoms with Crippen LogP contribution in [0.1, 0.15) is 25.7 Å². The normalized spacial score (nSPS) is 33.1. The Morgan fingerprint density at radius 1 is 1.44 bits per heavy atom. The van der Waals surface area contributed by atoms with E-state index in [-0.39, 0.29) is 5.54 Å². The molecular weight excluding hydrogens is 224 g/mol. The van der Waals surface area contributed by atoms with Crippen molar-refractivity contribution in [1.82, 2.24) is 0 Å². The first kappa shape index (κ1) is 11.4. The van der Waals surface area contributed by atoms with Crippen molar-refractivity contribution in [2.45, 2.75) is 31.2 Å². The second-order valence-electron chi connectivity index (χ2n) is 5.52. The fourth-order valence-corrected chi connectivity index (χ4v) is 3.61. The molecule has 2 bridgehead atoms. The van der Waals surface area contributed by atoms with Gasteiger partial charge in [0.2, 0.25) is 0 Å². The van der Waals surface area contributed by atoms with E-state index < -0.39 is 0 Å². The predicted molar refractivity (Wildman–Crippen MR) is 70.4 cm³/mol. The van der Waals surface area contributed by atoms with E-state index in [1.807, 2.05) is 24.3 Å². The number of hydrogen-bond donors (Lipinski definition) is 1. The van der Waals surface area contributed by atoms with Crippen LogP contribution in [0.25, 0.3) is 0 Å². The van der Waals surface area contributed by atoms with Crippen molar-refractivity contribution in [2.75, 3.05) is 12.4 Å². The first-order valence-electron chi connectivity index (χ1n) is 6.59. The Kier molecular flexibility index (Phi) is 2.66. The molecule has 1 aromatic carbocycles. The van der Waals surface area contributed by atoms with Crippen molar-refractivity contribution in [3.63, 3.8) is 0 Å². The molecule has 3 heteroatoms. The van der Waals surface area contributed by atoms with Crippen molar-refractivity contribution in [3.8, 4) is 11.8 Å². The van der Waals surface area contributed by atoms with Crippen LogP contribution >= 0.6 is 0 Å². The summed E-state index contributed by atoms with van der Waals surface area (Å²) in [5, 5.41) is 13.1. The van der Waals surface area contributed by atoms with Crippen LogP contribution in [0.3, 0.4) is 0 Å². The molecule has 94 valence electrons. The molecule has 3 atom stereocenters. The van der Waals surface area contributed by atoms with Gasteiger partial charge in [-0.05, 0) is 49.7 Å². The van der Waals surface area contributed by atoms with Crippen LogP contribution in [0, 0.1) is 23.2 Å². The lowest BCUT2D eigenvalue weighted by atomic mass is 9.82. The van der Waals surface area contributed by atoms with Gasteiger partial charge in [-0.25, -0.2) is 0 Å². The fourth-order valence-electron chi connectivity index (χ4n) is 3.61. The summed E-state index contributed by atoms with van der Waals surface area (Å²) in [7, 11) is 1.66. The van der Waals surface area contributed by atoms with Gasteiger partial charge in [-0.3, -0.25) is 0 Å². The Morgan fingerprint density at radius 3 is 2.94 bits per heavy atom. The van der Waals surface area contributed by atoms with Gasteiger partial charge in [0, 0.05) is 11.8 Å². The van der Waals surface area contributed by atoms with Crippen LogP contribution in [0.4, 0.5) is 5.69 Å². The van der Waals surface area contributed by atoms with E-state index in [1.54, 1.807) is 7.11 Å². The van der Waals surface area contributed by atoms with Gasteiger partial charge in [0.15, 0.2) is 0 Å². The van der Waals surface area contributed by atoms with Gasteiger partial charge in [-0.1, -0.05) is 6.07 Å². The monoisotopic (exact) mass is 242 g/mol. The van der Waals surface area contributed by atoms with Gasteiger partial charge in [-0.2, -0.15) is 5.26 Å². The lowest BCUT2D eigenvalue weighted by molar-refractivity contribution is 0.368. The number of nitrogens with zero attached hydrogens (tertiary/aromatic N) is 1. The third-order valence-electron chi connectivity index (χ3n) is 4.49. The quantitative estimate of drug-likeness (QED) is 0.885. The van der Waals surface area contributed by atoms with Crippen LogP contribution in [0.5, 0.6) is 5.75 Å². The Bertz CT molecular complexity index is 494. The number of hydrogen-bond acceptors (Lipinski definition) is 3. The van der Waals surface area contributed by atoms with Gasteiger partial charge in [0.05, 0.1) is 13.2 Å². The van der Waals surface area contributed by atoms with Crippen molar-refractivity contribution >= 4 is 5.69 Å². The minimum absolute atomic E-state index is 0.352. The Hall–Kier alpha value is -1.69. The molecule has 2 aliphatic rings. The second kappa shape index (κ2) is 4.20. The fraction of sp³-hybridized carbons (Fsp3) is 0.533. The summed E-state index contributed by atoms with van der Waals surface area (Å²) in [6.45, 7) is 0. The zero-order chi connectivity index (χ0) is 12.6. The summed E-state index contributed by atoms with van der Waals surface area (Å²) >= 11 is 0. The number of nitrogens with one attached hydrogen (secondary N) is 1. The molecule has 3 rings (SSSR count). The summed E-state index contributed by atoms with van der Waals surface area (Å²) < 4.78 is 5.22. The number of fused-ring (bicyclic) bond motifs is 2. The zero-order valence-electron chi connectivity index (χ0n) is 10.6. The average Bonchev–Trinajstić information content (AvgIpc) is 3.00. The molecule has 3 unspecified atom stereocenters. The summed E-state index contributed by atoms with van der Waals surface area (Å²) in [6.07, 6.45) is 4.69. The lowest BCUT2D eigenvalue weighted by Gasteiger charge is -2.33. The van der Waals surface area contributed by atoms with Crippen molar-refractivity contribution in [1.29, 1.82) is 5.26 Å². The molecule has 18 heavy (non-hydrogen) atoms. The summed E-state index contributed by atoms with van der Waals surface area (Å²) in [4.78, 5) is 0. The van der Waals surface area contributed by atoms with Gasteiger partial charge >= 0.3 is 0 Å². The molecule has 0 aromatic heterocycles. The van der Waals surface area contributed by atoms with E-state index in [9.17, 15) is 5.26 Å². The smallest absolute Gasteiger partial charge is 0.128 e. The molecule has 1 aromatic rings. The third kappa shape index (κ3) is 1.73. The van der Waals surface area contributed by atoms with E-state index in [1.165, 1.54) is 19.3 Å². The lowest BCUT2D eigenvalue weighted by Crippen LogP contribution is -2.41. The van der Waals surface area contributed by atoms with Gasteiger partial charge < -0.3 is 10.1 Å². The molecule has 2 saturated carbocycles. The number of nitriles is 1.